The van der Waals surface area contributed by atoms with Gasteiger partial charge in [0.2, 0.25) is 0 Å². The van der Waals surface area contributed by atoms with Crippen molar-refractivity contribution in [1.29, 1.82) is 0 Å². The molecule has 1 saturated heterocycles. The summed E-state index contributed by atoms with van der Waals surface area (Å²) in [6.45, 7) is 16.0. The smallest absolute Gasteiger partial charge is 0.410 e. The third-order valence-corrected chi connectivity index (χ3v) is 4.28. The third-order valence-electron chi connectivity index (χ3n) is 4.28. The Labute approximate surface area is 173 Å². The Balaban J connectivity index is 1.89. The second-order valence-electron chi connectivity index (χ2n) is 9.28. The minimum atomic E-state index is -0.525. The molecule has 1 aromatic rings. The number of hydrogen-bond donors (Lipinski definition) is 1. The van der Waals surface area contributed by atoms with Crippen LogP contribution in [0.3, 0.4) is 0 Å². The van der Waals surface area contributed by atoms with Crippen molar-refractivity contribution in [3.05, 3.63) is 23.4 Å². The summed E-state index contributed by atoms with van der Waals surface area (Å²) in [5.41, 5.74) is 0.964. The zero-order chi connectivity index (χ0) is 21.8. The van der Waals surface area contributed by atoms with Gasteiger partial charge in [-0.05, 0) is 65.7 Å². The van der Waals surface area contributed by atoms with E-state index in [1.165, 1.54) is 0 Å². The maximum absolute atomic E-state index is 12.2. The number of alkyl carbamates (subject to hydrolysis) is 1. The molecule has 2 heterocycles. The summed E-state index contributed by atoms with van der Waals surface area (Å²) in [5, 5.41) is 2.76. The van der Waals surface area contributed by atoms with Gasteiger partial charge in [-0.1, -0.05) is 0 Å². The quantitative estimate of drug-likeness (QED) is 0.827. The number of nitrogens with zero attached hydrogens (tertiary/aromatic N) is 3. The number of carbonyl (C=O) groups excluding carboxylic acids is 2. The van der Waals surface area contributed by atoms with Gasteiger partial charge in [-0.3, -0.25) is 0 Å². The van der Waals surface area contributed by atoms with Gasteiger partial charge < -0.3 is 24.6 Å². The standard InChI is InChI=1S/C21H34N4O4/c1-15-12-17(22-13-16(15)14-23-18(26)28-20(2,3)4)24-8-10-25(11-9-24)19(27)29-21(5,6)7/h12-13H,8-11,14H2,1-7H3,(H,23,26). The molecule has 0 radical (unpaired) electrons. The van der Waals surface area contributed by atoms with Crippen LogP contribution >= 0.6 is 0 Å². The Morgan fingerprint density at radius 1 is 1.03 bits per heavy atom. The molecule has 0 aromatic carbocycles. The Morgan fingerprint density at radius 3 is 2.14 bits per heavy atom. The molecule has 0 aliphatic carbocycles. The normalized spacial score (nSPS) is 15.1. The van der Waals surface area contributed by atoms with Crippen molar-refractivity contribution >= 4 is 18.0 Å². The average molecular weight is 407 g/mol. The number of rotatable bonds is 3. The number of anilines is 1. The van der Waals surface area contributed by atoms with E-state index in [2.05, 4.69) is 15.2 Å². The minimum Gasteiger partial charge on any atom is -0.444 e. The van der Waals surface area contributed by atoms with Crippen LogP contribution in [-0.4, -0.2) is 59.5 Å². The van der Waals surface area contributed by atoms with Crippen LogP contribution in [0.4, 0.5) is 15.4 Å². The number of aryl methyl sites for hydroxylation is 1. The summed E-state index contributed by atoms with van der Waals surface area (Å²) in [4.78, 5) is 32.4. The fourth-order valence-corrected chi connectivity index (χ4v) is 2.85. The lowest BCUT2D eigenvalue weighted by molar-refractivity contribution is 0.0240. The van der Waals surface area contributed by atoms with E-state index in [1.54, 1.807) is 11.1 Å². The van der Waals surface area contributed by atoms with Gasteiger partial charge in [0.05, 0.1) is 0 Å². The number of amides is 2. The number of nitrogens with one attached hydrogen (secondary N) is 1. The van der Waals surface area contributed by atoms with Gasteiger partial charge in [-0.15, -0.1) is 0 Å². The van der Waals surface area contributed by atoms with Gasteiger partial charge in [-0.25, -0.2) is 14.6 Å². The largest absolute Gasteiger partial charge is 0.444 e. The first-order valence-corrected chi connectivity index (χ1v) is 9.99. The van der Waals surface area contributed by atoms with Crippen molar-refractivity contribution in [2.75, 3.05) is 31.1 Å². The van der Waals surface area contributed by atoms with E-state index in [4.69, 9.17) is 9.47 Å². The van der Waals surface area contributed by atoms with Crippen LogP contribution in [0, 0.1) is 6.92 Å². The monoisotopic (exact) mass is 406 g/mol. The van der Waals surface area contributed by atoms with Gasteiger partial charge in [0, 0.05) is 38.9 Å². The molecule has 8 heteroatoms. The second kappa shape index (κ2) is 8.88. The number of pyridine rings is 1. The number of hydrogen-bond acceptors (Lipinski definition) is 6. The second-order valence-corrected chi connectivity index (χ2v) is 9.28. The lowest BCUT2D eigenvalue weighted by Crippen LogP contribution is -2.50. The molecule has 1 N–H and O–H groups in total. The molecule has 1 aliphatic rings. The van der Waals surface area contributed by atoms with Crippen molar-refractivity contribution in [1.82, 2.24) is 15.2 Å². The van der Waals surface area contributed by atoms with E-state index in [1.807, 2.05) is 54.5 Å². The number of piperazine rings is 1. The first-order chi connectivity index (χ1) is 13.3. The minimum absolute atomic E-state index is 0.273. The van der Waals surface area contributed by atoms with Gasteiger partial charge in [0.25, 0.3) is 0 Å². The van der Waals surface area contributed by atoms with E-state index in [0.29, 0.717) is 32.7 Å². The van der Waals surface area contributed by atoms with Crippen LogP contribution in [0.2, 0.25) is 0 Å². The molecule has 29 heavy (non-hydrogen) atoms. The van der Waals surface area contributed by atoms with Crippen molar-refractivity contribution in [2.24, 2.45) is 0 Å². The first kappa shape index (κ1) is 22.8. The van der Waals surface area contributed by atoms with Gasteiger partial charge >= 0.3 is 12.2 Å². The van der Waals surface area contributed by atoms with Gasteiger partial charge in [0.15, 0.2) is 0 Å². The van der Waals surface area contributed by atoms with Crippen molar-refractivity contribution in [3.8, 4) is 0 Å². The van der Waals surface area contributed by atoms with E-state index in [0.717, 1.165) is 16.9 Å². The molecule has 8 nitrogen and oxygen atoms in total. The summed E-state index contributed by atoms with van der Waals surface area (Å²) < 4.78 is 10.7. The van der Waals surface area contributed by atoms with Crippen LogP contribution in [0.5, 0.6) is 0 Å². The van der Waals surface area contributed by atoms with Crippen molar-refractivity contribution < 1.29 is 19.1 Å². The van der Waals surface area contributed by atoms with Crippen LogP contribution in [0.25, 0.3) is 0 Å². The molecular formula is C21H34N4O4. The highest BCUT2D eigenvalue weighted by atomic mass is 16.6. The van der Waals surface area contributed by atoms with Crippen LogP contribution < -0.4 is 10.2 Å². The zero-order valence-corrected chi connectivity index (χ0v) is 18.7. The molecule has 0 unspecified atom stereocenters. The van der Waals surface area contributed by atoms with Crippen LogP contribution in [-0.2, 0) is 16.0 Å². The van der Waals surface area contributed by atoms with Gasteiger partial charge in [-0.2, -0.15) is 0 Å². The molecule has 1 aliphatic heterocycles. The Morgan fingerprint density at radius 2 is 1.62 bits per heavy atom. The maximum atomic E-state index is 12.2. The molecule has 162 valence electrons. The topological polar surface area (TPSA) is 84.0 Å². The maximum Gasteiger partial charge on any atom is 0.410 e. The lowest BCUT2D eigenvalue weighted by atomic mass is 10.1. The van der Waals surface area contributed by atoms with E-state index in [-0.39, 0.29) is 6.09 Å². The zero-order valence-electron chi connectivity index (χ0n) is 18.7. The highest BCUT2D eigenvalue weighted by Crippen LogP contribution is 2.19. The Hall–Kier alpha value is -2.51. The van der Waals surface area contributed by atoms with Crippen LogP contribution in [0.1, 0.15) is 52.7 Å². The summed E-state index contributed by atoms with van der Waals surface area (Å²) in [5.74, 6) is 0.868. The number of aromatic nitrogens is 1. The average Bonchev–Trinajstić information content (AvgIpc) is 2.58. The summed E-state index contributed by atoms with van der Waals surface area (Å²) >= 11 is 0. The molecule has 2 rings (SSSR count). The molecule has 0 bridgehead atoms. The Bertz CT molecular complexity index is 729. The first-order valence-electron chi connectivity index (χ1n) is 9.99. The van der Waals surface area contributed by atoms with Gasteiger partial charge in [0.1, 0.15) is 17.0 Å². The van der Waals surface area contributed by atoms with Crippen molar-refractivity contribution in [2.45, 2.75) is 66.2 Å². The number of carbonyl (C=O) groups is 2. The highest BCUT2D eigenvalue weighted by Gasteiger charge is 2.26. The van der Waals surface area contributed by atoms with E-state index < -0.39 is 17.3 Å². The molecule has 2 amide bonds. The fraction of sp³-hybridized carbons (Fsp3) is 0.667. The molecule has 1 aromatic heterocycles. The molecule has 0 atom stereocenters. The third kappa shape index (κ3) is 7.44. The Kier molecular flexibility index (Phi) is 6.97. The van der Waals surface area contributed by atoms with Crippen molar-refractivity contribution in [3.63, 3.8) is 0 Å². The SMILES string of the molecule is Cc1cc(N2CCN(C(=O)OC(C)(C)C)CC2)ncc1CNC(=O)OC(C)(C)C. The lowest BCUT2D eigenvalue weighted by Gasteiger charge is -2.36. The van der Waals surface area contributed by atoms with Crippen LogP contribution in [0.15, 0.2) is 12.3 Å². The molecule has 0 spiro atoms. The molecule has 0 saturated carbocycles. The predicted octanol–water partition coefficient (Wildman–Crippen LogP) is 3.47. The summed E-state index contributed by atoms with van der Waals surface area (Å²) in [6, 6.07) is 2.01. The predicted molar refractivity (Wildman–Crippen MR) is 112 cm³/mol. The molecular weight excluding hydrogens is 372 g/mol. The molecule has 1 fully saturated rings. The van der Waals surface area contributed by atoms with E-state index >= 15 is 0 Å². The number of ether oxygens (including phenoxy) is 2. The summed E-state index contributed by atoms with van der Waals surface area (Å²) in [6.07, 6.45) is 1.06. The summed E-state index contributed by atoms with van der Waals surface area (Å²) in [7, 11) is 0. The highest BCUT2D eigenvalue weighted by molar-refractivity contribution is 5.69. The fourth-order valence-electron chi connectivity index (χ4n) is 2.85. The van der Waals surface area contributed by atoms with E-state index in [9.17, 15) is 9.59 Å².